The average molecular weight is 636 g/mol. The summed E-state index contributed by atoms with van der Waals surface area (Å²) in [5.74, 6) is 1.38. The van der Waals surface area contributed by atoms with Crippen molar-refractivity contribution in [2.75, 3.05) is 35.0 Å². The number of amides is 1. The van der Waals surface area contributed by atoms with Crippen LogP contribution in [0.15, 0.2) is 75.9 Å². The summed E-state index contributed by atoms with van der Waals surface area (Å²) in [6.07, 6.45) is 0. The highest BCUT2D eigenvalue weighted by molar-refractivity contribution is 8.00. The van der Waals surface area contributed by atoms with E-state index in [9.17, 15) is 9.59 Å². The second kappa shape index (κ2) is 11.8. The monoisotopic (exact) mass is 634 g/mol. The second-order valence-electron chi connectivity index (χ2n) is 9.92. The number of rotatable bonds is 7. The molecule has 1 saturated heterocycles. The smallest absolute Gasteiger partial charge is 0.336 e. The fourth-order valence-corrected chi connectivity index (χ4v) is 6.05. The molecule has 1 amide bonds. The lowest BCUT2D eigenvalue weighted by Crippen LogP contribution is -2.27. The standard InChI is InChI=1S/C30H24Cl2N6O4S/c1-16-12-26(40)42-24-14-20(9-10-21(16)24)41-30-35-28(34-29(36-30)37(2)3)33-18-5-7-19(8-6-18)38-25(39)15-43-27(38)17-4-11-22(31)23(32)13-17/h4-14,27H,15H2,1-3H3,(H,33,34,35,36). The molecule has 0 spiro atoms. The molecule has 0 radical (unpaired) electrons. The van der Waals surface area contributed by atoms with Crippen molar-refractivity contribution >= 4 is 75.1 Å². The Labute approximate surface area is 260 Å². The Bertz CT molecular complexity index is 1920. The predicted molar refractivity (Wildman–Crippen MR) is 170 cm³/mol. The van der Waals surface area contributed by atoms with Gasteiger partial charge in [0, 0.05) is 43.0 Å². The van der Waals surface area contributed by atoms with Crippen LogP contribution in [0.25, 0.3) is 11.0 Å². The molecule has 0 aliphatic carbocycles. The number of hydrogen-bond donors (Lipinski definition) is 1. The first-order chi connectivity index (χ1) is 20.6. The van der Waals surface area contributed by atoms with Gasteiger partial charge >= 0.3 is 11.6 Å². The zero-order valence-corrected chi connectivity index (χ0v) is 25.5. The van der Waals surface area contributed by atoms with Gasteiger partial charge in [0.1, 0.15) is 16.7 Å². The highest BCUT2D eigenvalue weighted by atomic mass is 35.5. The number of benzene rings is 3. The number of thioether (sulfide) groups is 1. The molecule has 1 aliphatic heterocycles. The Morgan fingerprint density at radius 3 is 2.51 bits per heavy atom. The summed E-state index contributed by atoms with van der Waals surface area (Å²) < 4.78 is 11.3. The number of anilines is 4. The Hall–Kier alpha value is -4.32. The average Bonchev–Trinajstić information content (AvgIpc) is 3.35. The van der Waals surface area contributed by atoms with Gasteiger partial charge in [0.2, 0.25) is 17.8 Å². The second-order valence-corrected chi connectivity index (χ2v) is 11.8. The summed E-state index contributed by atoms with van der Waals surface area (Å²) >= 11 is 13.9. The van der Waals surface area contributed by atoms with Crippen LogP contribution in [0.5, 0.6) is 11.8 Å². The Morgan fingerprint density at radius 1 is 0.977 bits per heavy atom. The quantitative estimate of drug-likeness (QED) is 0.188. The van der Waals surface area contributed by atoms with E-state index in [4.69, 9.17) is 32.4 Å². The van der Waals surface area contributed by atoms with Crippen LogP contribution in [0.3, 0.4) is 0 Å². The van der Waals surface area contributed by atoms with Crippen LogP contribution in [-0.2, 0) is 4.79 Å². The van der Waals surface area contributed by atoms with Gasteiger partial charge in [-0.05, 0) is 66.6 Å². The molecule has 218 valence electrons. The fraction of sp³-hybridized carbons (Fsp3) is 0.167. The SMILES string of the molecule is Cc1cc(=O)oc2cc(Oc3nc(Nc4ccc(N5C(=O)CSC5c5ccc(Cl)c(Cl)c5)cc4)nc(N(C)C)n3)ccc12. The van der Waals surface area contributed by atoms with Crippen molar-refractivity contribution in [1.29, 1.82) is 0 Å². The van der Waals surface area contributed by atoms with Crippen molar-refractivity contribution in [2.45, 2.75) is 12.3 Å². The summed E-state index contributed by atoms with van der Waals surface area (Å²) in [4.78, 5) is 41.5. The molecule has 3 aromatic carbocycles. The van der Waals surface area contributed by atoms with Crippen molar-refractivity contribution in [3.8, 4) is 11.8 Å². The fourth-order valence-electron chi connectivity index (χ4n) is 4.57. The Balaban J connectivity index is 1.24. The van der Waals surface area contributed by atoms with E-state index in [1.54, 1.807) is 48.2 Å². The van der Waals surface area contributed by atoms with Crippen LogP contribution >= 0.6 is 35.0 Å². The molecule has 3 heterocycles. The molecule has 2 aromatic heterocycles. The number of ether oxygens (including phenoxy) is 1. The maximum atomic E-state index is 12.8. The first-order valence-electron chi connectivity index (χ1n) is 13.1. The van der Waals surface area contributed by atoms with E-state index >= 15 is 0 Å². The number of halogens is 2. The van der Waals surface area contributed by atoms with Gasteiger partial charge < -0.3 is 19.4 Å². The highest BCUT2D eigenvalue weighted by Crippen LogP contribution is 2.43. The van der Waals surface area contributed by atoms with Gasteiger partial charge in [-0.25, -0.2) is 4.79 Å². The molecule has 1 fully saturated rings. The van der Waals surface area contributed by atoms with Gasteiger partial charge in [0.15, 0.2) is 0 Å². The van der Waals surface area contributed by atoms with Crippen molar-refractivity contribution in [3.63, 3.8) is 0 Å². The van der Waals surface area contributed by atoms with Crippen LogP contribution in [0, 0.1) is 6.92 Å². The molecular formula is C30H24Cl2N6O4S. The van der Waals surface area contributed by atoms with Crippen LogP contribution in [0.2, 0.25) is 10.0 Å². The topological polar surface area (TPSA) is 114 Å². The number of carbonyl (C=O) groups is 1. The molecule has 1 aliphatic rings. The normalized spacial score (nSPS) is 14.8. The molecule has 1 unspecified atom stereocenters. The van der Waals surface area contributed by atoms with E-state index < -0.39 is 5.63 Å². The van der Waals surface area contributed by atoms with E-state index in [0.717, 1.165) is 22.2 Å². The summed E-state index contributed by atoms with van der Waals surface area (Å²) in [5.41, 5.74) is 3.10. The number of hydrogen-bond acceptors (Lipinski definition) is 10. The molecule has 1 atom stereocenters. The van der Waals surface area contributed by atoms with Crippen LogP contribution < -0.4 is 25.5 Å². The third-order valence-corrected chi connectivity index (χ3v) is 8.58. The third-order valence-electron chi connectivity index (χ3n) is 6.63. The zero-order valence-electron chi connectivity index (χ0n) is 23.2. The van der Waals surface area contributed by atoms with E-state index in [0.29, 0.717) is 38.8 Å². The van der Waals surface area contributed by atoms with E-state index in [-0.39, 0.29) is 23.2 Å². The van der Waals surface area contributed by atoms with Gasteiger partial charge in [0.25, 0.3) is 0 Å². The number of nitrogens with one attached hydrogen (secondary N) is 1. The van der Waals surface area contributed by atoms with Crippen LogP contribution in [-0.4, -0.2) is 40.7 Å². The van der Waals surface area contributed by atoms with Gasteiger partial charge in [0.05, 0.1) is 15.8 Å². The van der Waals surface area contributed by atoms with E-state index in [2.05, 4.69) is 20.3 Å². The first-order valence-corrected chi connectivity index (χ1v) is 14.9. The maximum absolute atomic E-state index is 12.8. The Morgan fingerprint density at radius 2 is 1.77 bits per heavy atom. The summed E-state index contributed by atoms with van der Waals surface area (Å²) in [6.45, 7) is 1.84. The molecule has 0 bridgehead atoms. The first kappa shape index (κ1) is 28.8. The minimum absolute atomic E-state index is 0.000194. The lowest BCUT2D eigenvalue weighted by molar-refractivity contribution is -0.115. The van der Waals surface area contributed by atoms with Crippen molar-refractivity contribution in [1.82, 2.24) is 15.0 Å². The zero-order chi connectivity index (χ0) is 30.2. The van der Waals surface area contributed by atoms with Crippen molar-refractivity contribution in [3.05, 3.63) is 98.3 Å². The number of nitrogens with zero attached hydrogens (tertiary/aromatic N) is 5. The summed E-state index contributed by atoms with van der Waals surface area (Å²) in [6, 6.07) is 19.5. The minimum Gasteiger partial charge on any atom is -0.424 e. The Kier molecular flexibility index (Phi) is 7.87. The van der Waals surface area contributed by atoms with Crippen LogP contribution in [0.4, 0.5) is 23.3 Å². The molecule has 10 nitrogen and oxygen atoms in total. The van der Waals surface area contributed by atoms with Gasteiger partial charge in [-0.1, -0.05) is 29.3 Å². The minimum atomic E-state index is -0.438. The molecule has 5 aromatic rings. The van der Waals surface area contributed by atoms with E-state index in [1.807, 2.05) is 43.3 Å². The van der Waals surface area contributed by atoms with Crippen molar-refractivity contribution < 1.29 is 13.9 Å². The maximum Gasteiger partial charge on any atom is 0.336 e. The lowest BCUT2D eigenvalue weighted by Gasteiger charge is -2.25. The largest absolute Gasteiger partial charge is 0.424 e. The van der Waals surface area contributed by atoms with Gasteiger partial charge in [-0.2, -0.15) is 15.0 Å². The molecular weight excluding hydrogens is 611 g/mol. The molecule has 1 N–H and O–H groups in total. The molecule has 6 rings (SSSR count). The predicted octanol–water partition coefficient (Wildman–Crippen LogP) is 6.97. The van der Waals surface area contributed by atoms with Gasteiger partial charge in [-0.15, -0.1) is 11.8 Å². The third kappa shape index (κ3) is 6.10. The highest BCUT2D eigenvalue weighted by Gasteiger charge is 2.34. The van der Waals surface area contributed by atoms with E-state index in [1.165, 1.54) is 17.8 Å². The van der Waals surface area contributed by atoms with Crippen LogP contribution in [0.1, 0.15) is 16.5 Å². The lowest BCUT2D eigenvalue weighted by atomic mass is 10.1. The van der Waals surface area contributed by atoms with Crippen molar-refractivity contribution in [2.24, 2.45) is 0 Å². The molecule has 13 heteroatoms. The summed E-state index contributed by atoms with van der Waals surface area (Å²) in [7, 11) is 3.61. The molecule has 43 heavy (non-hydrogen) atoms. The number of fused-ring (bicyclic) bond motifs is 1. The molecule has 0 saturated carbocycles. The summed E-state index contributed by atoms with van der Waals surface area (Å²) in [5, 5.41) is 4.68. The number of aromatic nitrogens is 3. The van der Waals surface area contributed by atoms with Gasteiger partial charge in [-0.3, -0.25) is 9.69 Å². The number of carbonyl (C=O) groups excluding carboxylic acids is 1. The number of aryl methyl sites for hydroxylation is 1.